The van der Waals surface area contributed by atoms with Crippen LogP contribution in [0.15, 0.2) is 35.2 Å². The van der Waals surface area contributed by atoms with E-state index in [0.717, 1.165) is 5.56 Å². The van der Waals surface area contributed by atoms with E-state index in [2.05, 4.69) is 0 Å². The molecule has 27 heavy (non-hydrogen) atoms. The van der Waals surface area contributed by atoms with Crippen LogP contribution >= 0.6 is 7.60 Å². The molecule has 9 heteroatoms. The molecule has 1 heterocycles. The van der Waals surface area contributed by atoms with Crippen molar-refractivity contribution in [2.75, 3.05) is 34.0 Å². The summed E-state index contributed by atoms with van der Waals surface area (Å²) in [6, 6.07) is 7.17. The Morgan fingerprint density at radius 3 is 2.19 bits per heavy atom. The molecule has 0 atom stereocenters. The third-order valence-corrected chi connectivity index (χ3v) is 6.17. The molecule has 0 aliphatic carbocycles. The number of hydrogen-bond donors (Lipinski definition) is 0. The number of esters is 1. The molecule has 0 saturated heterocycles. The predicted molar refractivity (Wildman–Crippen MR) is 98.3 cm³/mol. The quantitative estimate of drug-likeness (QED) is 0.467. The van der Waals surface area contributed by atoms with Crippen LogP contribution in [0.2, 0.25) is 0 Å². The molecular weight excluding hydrogens is 373 g/mol. The molecule has 1 amide bonds. The second-order valence-corrected chi connectivity index (χ2v) is 7.62. The highest BCUT2D eigenvalue weighted by Crippen LogP contribution is 2.59. The Morgan fingerprint density at radius 2 is 1.70 bits per heavy atom. The molecule has 8 nitrogen and oxygen atoms in total. The molecule has 0 spiro atoms. The molecule has 1 aromatic carbocycles. The standard InChI is InChI=1S/C18H24NO7P/c1-5-25-27(22,26-6-2)16-15(18(21)24-4)12-19(17(16)20)11-13-7-9-14(23-3)10-8-13/h7-10H,5-6,11-12H2,1-4H3. The fourth-order valence-electron chi connectivity index (χ4n) is 2.77. The predicted octanol–water partition coefficient (Wildman–Crippen LogP) is 2.73. The van der Waals surface area contributed by atoms with Gasteiger partial charge >= 0.3 is 13.6 Å². The molecule has 1 aliphatic rings. The van der Waals surface area contributed by atoms with E-state index in [1.165, 1.54) is 12.0 Å². The zero-order valence-electron chi connectivity index (χ0n) is 15.9. The second kappa shape index (κ2) is 9.17. The Labute approximate surface area is 158 Å². The van der Waals surface area contributed by atoms with Crippen LogP contribution in [-0.2, 0) is 34.5 Å². The SMILES string of the molecule is CCOP(=O)(OCC)C1=C(C(=O)OC)CN(Cc2ccc(OC)cc2)C1=O. The van der Waals surface area contributed by atoms with Crippen molar-refractivity contribution in [3.63, 3.8) is 0 Å². The van der Waals surface area contributed by atoms with Crippen molar-refractivity contribution in [1.29, 1.82) is 0 Å². The van der Waals surface area contributed by atoms with Gasteiger partial charge in [-0.15, -0.1) is 0 Å². The maximum absolute atomic E-state index is 13.2. The number of amides is 1. The highest BCUT2D eigenvalue weighted by atomic mass is 31.2. The first-order chi connectivity index (χ1) is 12.9. The summed E-state index contributed by atoms with van der Waals surface area (Å²) in [7, 11) is -1.16. The van der Waals surface area contributed by atoms with Crippen LogP contribution in [0.25, 0.3) is 0 Å². The van der Waals surface area contributed by atoms with Crippen molar-refractivity contribution in [3.8, 4) is 5.75 Å². The largest absolute Gasteiger partial charge is 0.497 e. The summed E-state index contributed by atoms with van der Waals surface area (Å²) in [5.41, 5.74) is 0.832. The van der Waals surface area contributed by atoms with Crippen molar-refractivity contribution in [2.24, 2.45) is 0 Å². The Morgan fingerprint density at radius 1 is 1.11 bits per heavy atom. The lowest BCUT2D eigenvalue weighted by Crippen LogP contribution is -2.27. The van der Waals surface area contributed by atoms with Crippen molar-refractivity contribution in [2.45, 2.75) is 20.4 Å². The van der Waals surface area contributed by atoms with Gasteiger partial charge in [-0.2, -0.15) is 0 Å². The van der Waals surface area contributed by atoms with Crippen LogP contribution in [0.4, 0.5) is 0 Å². The normalized spacial score (nSPS) is 14.7. The van der Waals surface area contributed by atoms with Gasteiger partial charge in [0.2, 0.25) is 0 Å². The second-order valence-electron chi connectivity index (χ2n) is 5.66. The summed E-state index contributed by atoms with van der Waals surface area (Å²) >= 11 is 0. The minimum Gasteiger partial charge on any atom is -0.497 e. The number of methoxy groups -OCH3 is 2. The third-order valence-electron chi connectivity index (χ3n) is 3.96. The first-order valence-electron chi connectivity index (χ1n) is 8.53. The van der Waals surface area contributed by atoms with Crippen molar-refractivity contribution in [1.82, 2.24) is 4.90 Å². The van der Waals surface area contributed by atoms with Crippen LogP contribution in [-0.4, -0.2) is 50.8 Å². The van der Waals surface area contributed by atoms with Gasteiger partial charge in [0.1, 0.15) is 11.1 Å². The maximum atomic E-state index is 13.2. The molecule has 1 aromatic rings. The first-order valence-corrected chi connectivity index (χ1v) is 10.1. The molecule has 0 radical (unpaired) electrons. The summed E-state index contributed by atoms with van der Waals surface area (Å²) in [5, 5.41) is -0.244. The van der Waals surface area contributed by atoms with Gasteiger partial charge in [-0.1, -0.05) is 12.1 Å². The number of hydrogen-bond acceptors (Lipinski definition) is 7. The molecule has 0 unspecified atom stereocenters. The lowest BCUT2D eigenvalue weighted by molar-refractivity contribution is -0.136. The fourth-order valence-corrected chi connectivity index (χ4v) is 4.65. The van der Waals surface area contributed by atoms with Crippen molar-refractivity contribution >= 4 is 19.5 Å². The van der Waals surface area contributed by atoms with E-state index in [4.69, 9.17) is 18.5 Å². The smallest absolute Gasteiger partial charge is 0.367 e. The maximum Gasteiger partial charge on any atom is 0.367 e. The molecule has 0 N–H and O–H groups in total. The highest BCUT2D eigenvalue weighted by Gasteiger charge is 2.46. The van der Waals surface area contributed by atoms with Crippen LogP contribution < -0.4 is 4.74 Å². The minimum absolute atomic E-state index is 0.00115. The monoisotopic (exact) mass is 397 g/mol. The van der Waals surface area contributed by atoms with E-state index in [-0.39, 0.29) is 37.2 Å². The van der Waals surface area contributed by atoms with E-state index in [1.807, 2.05) is 12.1 Å². The minimum atomic E-state index is -3.93. The van der Waals surface area contributed by atoms with Crippen molar-refractivity contribution < 1.29 is 32.7 Å². The number of carbonyl (C=O) groups is 2. The first kappa shape index (κ1) is 21.2. The number of carbonyl (C=O) groups excluding carboxylic acids is 2. The lowest BCUT2D eigenvalue weighted by Gasteiger charge is -2.20. The molecular formula is C18H24NO7P. The van der Waals surface area contributed by atoms with Crippen LogP contribution in [0.3, 0.4) is 0 Å². The van der Waals surface area contributed by atoms with Gasteiger partial charge in [-0.3, -0.25) is 9.36 Å². The lowest BCUT2D eigenvalue weighted by atomic mass is 10.2. The van der Waals surface area contributed by atoms with Crippen LogP contribution in [0.1, 0.15) is 19.4 Å². The van der Waals surface area contributed by atoms with Crippen LogP contribution in [0.5, 0.6) is 5.75 Å². The van der Waals surface area contributed by atoms with Gasteiger partial charge in [-0.05, 0) is 31.5 Å². The van der Waals surface area contributed by atoms with Gasteiger partial charge < -0.3 is 23.4 Å². The van der Waals surface area contributed by atoms with Gasteiger partial charge in [-0.25, -0.2) is 4.79 Å². The van der Waals surface area contributed by atoms with Crippen LogP contribution in [0, 0.1) is 0 Å². The molecule has 0 saturated carbocycles. The third kappa shape index (κ3) is 4.58. The van der Waals surface area contributed by atoms with E-state index < -0.39 is 19.5 Å². The molecule has 148 valence electrons. The van der Waals surface area contributed by atoms with Gasteiger partial charge in [0.25, 0.3) is 5.91 Å². The van der Waals surface area contributed by atoms with Gasteiger partial charge in [0.15, 0.2) is 0 Å². The Kier molecular flexibility index (Phi) is 7.18. The van der Waals surface area contributed by atoms with E-state index in [1.54, 1.807) is 33.1 Å². The highest BCUT2D eigenvalue weighted by molar-refractivity contribution is 7.60. The van der Waals surface area contributed by atoms with Gasteiger partial charge in [0.05, 0.1) is 39.6 Å². The van der Waals surface area contributed by atoms with E-state index in [9.17, 15) is 14.2 Å². The summed E-state index contributed by atoms with van der Waals surface area (Å²) in [6.07, 6.45) is 0. The number of ether oxygens (including phenoxy) is 2. The Balaban J connectivity index is 2.35. The average Bonchev–Trinajstić information content (AvgIpc) is 2.99. The summed E-state index contributed by atoms with van der Waals surface area (Å²) in [4.78, 5) is 26.6. The fraction of sp³-hybridized carbons (Fsp3) is 0.444. The number of rotatable bonds is 9. The Bertz CT molecular complexity index is 762. The Hall–Kier alpha value is -2.15. The average molecular weight is 397 g/mol. The number of nitrogens with zero attached hydrogens (tertiary/aromatic N) is 1. The molecule has 0 bridgehead atoms. The number of benzene rings is 1. The summed E-state index contributed by atoms with van der Waals surface area (Å²) < 4.78 is 33.6. The molecule has 0 aromatic heterocycles. The van der Waals surface area contributed by atoms with Gasteiger partial charge in [0, 0.05) is 6.54 Å². The molecule has 1 aliphatic heterocycles. The zero-order valence-corrected chi connectivity index (χ0v) is 16.8. The summed E-state index contributed by atoms with van der Waals surface area (Å²) in [6.45, 7) is 3.61. The topological polar surface area (TPSA) is 91.4 Å². The van der Waals surface area contributed by atoms with Crippen molar-refractivity contribution in [3.05, 3.63) is 40.7 Å². The molecule has 2 rings (SSSR count). The van der Waals surface area contributed by atoms with E-state index in [0.29, 0.717) is 5.75 Å². The zero-order chi connectivity index (χ0) is 20.0. The molecule has 0 fully saturated rings. The van der Waals surface area contributed by atoms with E-state index >= 15 is 0 Å². The summed E-state index contributed by atoms with van der Waals surface area (Å²) in [5.74, 6) is -0.593.